The van der Waals surface area contributed by atoms with Crippen LogP contribution in [-0.4, -0.2) is 24.8 Å². The van der Waals surface area contributed by atoms with Crippen LogP contribution >= 0.6 is 11.6 Å². The van der Waals surface area contributed by atoms with E-state index in [1.807, 2.05) is 0 Å². The maximum atomic E-state index is 12.3. The molecule has 3 N–H and O–H groups in total. The highest BCUT2D eigenvalue weighted by molar-refractivity contribution is 7.89. The van der Waals surface area contributed by atoms with Crippen LogP contribution < -0.4 is 10.0 Å². The predicted octanol–water partition coefficient (Wildman–Crippen LogP) is 3.00. The summed E-state index contributed by atoms with van der Waals surface area (Å²) >= 11 is 5.76. The Morgan fingerprint density at radius 2 is 1.91 bits per heavy atom. The van der Waals surface area contributed by atoms with Crippen molar-refractivity contribution >= 4 is 33.2 Å². The number of carbonyl (C=O) groups is 1. The molecule has 23 heavy (non-hydrogen) atoms. The van der Waals surface area contributed by atoms with E-state index in [1.54, 1.807) is 32.9 Å². The molecule has 0 aliphatic heterocycles. The van der Waals surface area contributed by atoms with Gasteiger partial charge in [-0.2, -0.15) is 0 Å². The van der Waals surface area contributed by atoms with Crippen molar-refractivity contribution in [3.63, 3.8) is 0 Å². The molecule has 8 heteroatoms. The third-order valence-corrected chi connectivity index (χ3v) is 4.71. The molecule has 2 rings (SSSR count). The van der Waals surface area contributed by atoms with Gasteiger partial charge in [0.05, 0.1) is 9.92 Å². The van der Waals surface area contributed by atoms with E-state index in [9.17, 15) is 13.2 Å². The minimum atomic E-state index is -3.67. The van der Waals surface area contributed by atoms with Crippen molar-refractivity contribution in [1.82, 2.24) is 9.71 Å². The van der Waals surface area contributed by atoms with Gasteiger partial charge < -0.3 is 10.3 Å². The molecular formula is C15H18ClN3O3S. The number of benzene rings is 1. The van der Waals surface area contributed by atoms with Gasteiger partial charge in [0.1, 0.15) is 5.69 Å². The molecule has 0 saturated carbocycles. The number of H-pyrrole nitrogens is 1. The lowest BCUT2D eigenvalue weighted by Gasteiger charge is -2.20. The zero-order valence-electron chi connectivity index (χ0n) is 13.0. The Bertz CT molecular complexity index is 822. The van der Waals surface area contributed by atoms with Crippen molar-refractivity contribution in [3.05, 3.63) is 47.2 Å². The van der Waals surface area contributed by atoms with Crippen LogP contribution in [0, 0.1) is 0 Å². The topological polar surface area (TPSA) is 91.1 Å². The van der Waals surface area contributed by atoms with Crippen LogP contribution in [0.3, 0.4) is 0 Å². The molecule has 0 unspecified atom stereocenters. The number of hydrogen-bond acceptors (Lipinski definition) is 3. The molecule has 1 amide bonds. The van der Waals surface area contributed by atoms with Crippen LogP contribution in [0.15, 0.2) is 41.4 Å². The number of aromatic nitrogens is 1. The summed E-state index contributed by atoms with van der Waals surface area (Å²) in [6.45, 7) is 5.27. The largest absolute Gasteiger partial charge is 0.356 e. The molecule has 1 aromatic carbocycles. The van der Waals surface area contributed by atoms with E-state index in [0.29, 0.717) is 10.7 Å². The van der Waals surface area contributed by atoms with E-state index in [4.69, 9.17) is 11.6 Å². The van der Waals surface area contributed by atoms with Crippen molar-refractivity contribution in [2.24, 2.45) is 0 Å². The molecule has 0 saturated heterocycles. The third kappa shape index (κ3) is 4.82. The second-order valence-electron chi connectivity index (χ2n) is 6.07. The Hall–Kier alpha value is -1.83. The molecule has 0 aliphatic carbocycles. The Kier molecular flexibility index (Phi) is 4.84. The lowest BCUT2D eigenvalue weighted by molar-refractivity contribution is 0.102. The molecule has 0 radical (unpaired) electrons. The number of aromatic amines is 1. The van der Waals surface area contributed by atoms with Crippen molar-refractivity contribution < 1.29 is 13.2 Å². The SMILES string of the molecule is CC(C)(C)NS(=O)(=O)c1cccc(NC(=O)c2cc(Cl)c[nH]2)c1. The summed E-state index contributed by atoms with van der Waals surface area (Å²) in [6, 6.07) is 7.53. The average molecular weight is 356 g/mol. The van der Waals surface area contributed by atoms with Crippen LogP contribution in [0.25, 0.3) is 0 Å². The second kappa shape index (κ2) is 6.35. The van der Waals surface area contributed by atoms with Crippen molar-refractivity contribution in [1.29, 1.82) is 0 Å². The minimum Gasteiger partial charge on any atom is -0.356 e. The Morgan fingerprint density at radius 3 is 2.48 bits per heavy atom. The van der Waals surface area contributed by atoms with Gasteiger partial charge in [0.2, 0.25) is 10.0 Å². The number of amides is 1. The molecular weight excluding hydrogens is 338 g/mol. The molecule has 2 aromatic rings. The molecule has 0 atom stereocenters. The van der Waals surface area contributed by atoms with E-state index >= 15 is 0 Å². The molecule has 6 nitrogen and oxygen atoms in total. The number of anilines is 1. The van der Waals surface area contributed by atoms with Gasteiger partial charge in [-0.05, 0) is 45.0 Å². The van der Waals surface area contributed by atoms with Crippen molar-refractivity contribution in [2.75, 3.05) is 5.32 Å². The Balaban J connectivity index is 2.22. The summed E-state index contributed by atoms with van der Waals surface area (Å²) in [7, 11) is -3.67. The maximum Gasteiger partial charge on any atom is 0.272 e. The summed E-state index contributed by atoms with van der Waals surface area (Å²) in [6.07, 6.45) is 1.49. The molecule has 0 spiro atoms. The summed E-state index contributed by atoms with van der Waals surface area (Å²) in [5.41, 5.74) is 0.0626. The fourth-order valence-corrected chi connectivity index (χ4v) is 3.53. The van der Waals surface area contributed by atoms with Gasteiger partial charge in [-0.15, -0.1) is 0 Å². The average Bonchev–Trinajstić information content (AvgIpc) is 2.83. The van der Waals surface area contributed by atoms with Gasteiger partial charge >= 0.3 is 0 Å². The van der Waals surface area contributed by atoms with E-state index in [1.165, 1.54) is 24.4 Å². The van der Waals surface area contributed by atoms with E-state index < -0.39 is 21.5 Å². The van der Waals surface area contributed by atoms with Gasteiger partial charge in [0, 0.05) is 17.4 Å². The standard InChI is InChI=1S/C15H18ClN3O3S/c1-15(2,3)19-23(21,22)12-6-4-5-11(8-12)18-14(20)13-7-10(16)9-17-13/h4-9,17,19H,1-3H3,(H,18,20). The highest BCUT2D eigenvalue weighted by atomic mass is 35.5. The Morgan fingerprint density at radius 1 is 1.22 bits per heavy atom. The van der Waals surface area contributed by atoms with Gasteiger partial charge in [0.25, 0.3) is 5.91 Å². The molecule has 0 aliphatic rings. The Labute approximate surface area is 140 Å². The van der Waals surface area contributed by atoms with E-state index in [-0.39, 0.29) is 10.6 Å². The summed E-state index contributed by atoms with van der Waals surface area (Å²) in [5, 5.41) is 3.04. The number of carbonyl (C=O) groups excluding carboxylic acids is 1. The first-order chi connectivity index (χ1) is 10.6. The summed E-state index contributed by atoms with van der Waals surface area (Å²) < 4.78 is 27.2. The van der Waals surface area contributed by atoms with E-state index in [0.717, 1.165) is 0 Å². The lowest BCUT2D eigenvalue weighted by Crippen LogP contribution is -2.40. The van der Waals surface area contributed by atoms with Gasteiger partial charge in [-0.3, -0.25) is 4.79 Å². The molecule has 124 valence electrons. The van der Waals surface area contributed by atoms with Gasteiger partial charge in [0.15, 0.2) is 0 Å². The monoisotopic (exact) mass is 355 g/mol. The van der Waals surface area contributed by atoms with Crippen molar-refractivity contribution in [2.45, 2.75) is 31.2 Å². The lowest BCUT2D eigenvalue weighted by atomic mass is 10.1. The minimum absolute atomic E-state index is 0.0785. The first-order valence-electron chi connectivity index (χ1n) is 6.86. The predicted molar refractivity (Wildman–Crippen MR) is 90.3 cm³/mol. The number of hydrogen-bond donors (Lipinski definition) is 3. The van der Waals surface area contributed by atoms with Crippen LogP contribution in [0.4, 0.5) is 5.69 Å². The summed E-state index contributed by atoms with van der Waals surface area (Å²) in [4.78, 5) is 14.9. The second-order valence-corrected chi connectivity index (χ2v) is 8.19. The highest BCUT2D eigenvalue weighted by Crippen LogP contribution is 2.18. The number of rotatable bonds is 4. The molecule has 1 heterocycles. The van der Waals surface area contributed by atoms with E-state index in [2.05, 4.69) is 15.0 Å². The molecule has 0 fully saturated rings. The first kappa shape index (κ1) is 17.5. The first-order valence-corrected chi connectivity index (χ1v) is 8.72. The highest BCUT2D eigenvalue weighted by Gasteiger charge is 2.22. The fraction of sp³-hybridized carbons (Fsp3) is 0.267. The van der Waals surface area contributed by atoms with Crippen molar-refractivity contribution in [3.8, 4) is 0 Å². The van der Waals surface area contributed by atoms with Gasteiger partial charge in [-0.1, -0.05) is 17.7 Å². The molecule has 0 bridgehead atoms. The van der Waals surface area contributed by atoms with Crippen LogP contribution in [-0.2, 0) is 10.0 Å². The van der Waals surface area contributed by atoms with Crippen LogP contribution in [0.1, 0.15) is 31.3 Å². The smallest absolute Gasteiger partial charge is 0.272 e. The summed E-state index contributed by atoms with van der Waals surface area (Å²) in [5.74, 6) is -0.407. The zero-order valence-corrected chi connectivity index (χ0v) is 14.5. The zero-order chi connectivity index (χ0) is 17.3. The maximum absolute atomic E-state index is 12.3. The fourth-order valence-electron chi connectivity index (χ4n) is 1.90. The van der Waals surface area contributed by atoms with Crippen LogP contribution in [0.2, 0.25) is 5.02 Å². The third-order valence-electron chi connectivity index (χ3n) is 2.74. The normalized spacial score (nSPS) is 12.2. The number of nitrogens with one attached hydrogen (secondary N) is 3. The molecule has 1 aromatic heterocycles. The van der Waals surface area contributed by atoms with Gasteiger partial charge in [-0.25, -0.2) is 13.1 Å². The number of sulfonamides is 1. The van der Waals surface area contributed by atoms with Crippen LogP contribution in [0.5, 0.6) is 0 Å². The quantitative estimate of drug-likeness (QED) is 0.787. The number of halogens is 1.